The second-order valence-electron chi connectivity index (χ2n) is 10.1. The molecule has 0 spiro atoms. The first-order valence-electron chi connectivity index (χ1n) is 12.9. The van der Waals surface area contributed by atoms with Crippen molar-refractivity contribution in [1.82, 2.24) is 10.2 Å². The summed E-state index contributed by atoms with van der Waals surface area (Å²) in [6.07, 6.45) is 2.66. The molecule has 8 heteroatoms. The maximum absolute atomic E-state index is 12.7. The minimum atomic E-state index is -0.160. The molecule has 2 unspecified atom stereocenters. The van der Waals surface area contributed by atoms with Gasteiger partial charge < -0.3 is 21.3 Å². The van der Waals surface area contributed by atoms with Gasteiger partial charge in [0.2, 0.25) is 11.8 Å². The summed E-state index contributed by atoms with van der Waals surface area (Å²) in [4.78, 5) is 42.0. The molecule has 2 aliphatic heterocycles. The van der Waals surface area contributed by atoms with E-state index in [2.05, 4.69) is 15.5 Å². The molecule has 2 fully saturated rings. The number of carbonyl (C=O) groups excluding carboxylic acids is 3. The van der Waals surface area contributed by atoms with Crippen molar-refractivity contribution in [1.29, 1.82) is 0 Å². The Balaban J connectivity index is 1.14. The first kappa shape index (κ1) is 24.8. The highest BCUT2D eigenvalue weighted by Crippen LogP contribution is 2.26. The zero-order valence-corrected chi connectivity index (χ0v) is 21.1. The van der Waals surface area contributed by atoms with Crippen LogP contribution in [0.2, 0.25) is 0 Å². The van der Waals surface area contributed by atoms with E-state index in [0.717, 1.165) is 42.4 Å². The third-order valence-corrected chi connectivity index (χ3v) is 7.40. The van der Waals surface area contributed by atoms with E-state index in [1.54, 1.807) is 11.0 Å². The van der Waals surface area contributed by atoms with Crippen molar-refractivity contribution < 1.29 is 14.4 Å². The van der Waals surface area contributed by atoms with Crippen LogP contribution in [0.1, 0.15) is 36.5 Å². The number of nitrogen functional groups attached to an aromatic ring is 1. The van der Waals surface area contributed by atoms with Crippen LogP contribution in [-0.4, -0.2) is 54.8 Å². The molecule has 0 aliphatic carbocycles. The van der Waals surface area contributed by atoms with Crippen molar-refractivity contribution in [2.45, 2.75) is 32.2 Å². The van der Waals surface area contributed by atoms with E-state index < -0.39 is 0 Å². The zero-order chi connectivity index (χ0) is 25.9. The SMILES string of the molecule is CC(C(=O)Nc1ccc(N2CC(CNC(=O)c3ccc4cc(N)ccc4c3)CC2=O)cc1)N1CCCC1. The van der Waals surface area contributed by atoms with Crippen LogP contribution in [0.4, 0.5) is 17.1 Å². The molecule has 2 aliphatic rings. The number of rotatable bonds is 7. The van der Waals surface area contributed by atoms with E-state index in [1.165, 1.54) is 0 Å². The first-order valence-corrected chi connectivity index (χ1v) is 12.9. The average Bonchev–Trinajstić information content (AvgIpc) is 3.57. The molecule has 4 N–H and O–H groups in total. The summed E-state index contributed by atoms with van der Waals surface area (Å²) in [5, 5.41) is 7.90. The molecule has 2 saturated heterocycles. The molecule has 0 bridgehead atoms. The number of nitrogens with zero attached hydrogens (tertiary/aromatic N) is 2. The Kier molecular flexibility index (Phi) is 7.10. The Hall–Kier alpha value is -3.91. The van der Waals surface area contributed by atoms with Gasteiger partial charge in [-0.2, -0.15) is 0 Å². The molecule has 192 valence electrons. The minimum Gasteiger partial charge on any atom is -0.399 e. The van der Waals surface area contributed by atoms with E-state index >= 15 is 0 Å². The van der Waals surface area contributed by atoms with Crippen LogP contribution in [0.3, 0.4) is 0 Å². The first-order chi connectivity index (χ1) is 17.9. The fourth-order valence-electron chi connectivity index (χ4n) is 5.18. The van der Waals surface area contributed by atoms with Gasteiger partial charge in [0.1, 0.15) is 0 Å². The molecule has 0 radical (unpaired) electrons. The number of amides is 3. The summed E-state index contributed by atoms with van der Waals surface area (Å²) in [6, 6.07) is 18.3. The number of carbonyl (C=O) groups is 3. The Morgan fingerprint density at radius 2 is 1.70 bits per heavy atom. The van der Waals surface area contributed by atoms with Crippen LogP contribution < -0.4 is 21.3 Å². The van der Waals surface area contributed by atoms with Gasteiger partial charge in [-0.15, -0.1) is 0 Å². The lowest BCUT2D eigenvalue weighted by Gasteiger charge is -2.23. The Bertz CT molecular complexity index is 1320. The van der Waals surface area contributed by atoms with Crippen molar-refractivity contribution in [3.63, 3.8) is 0 Å². The molecular formula is C29H33N5O3. The van der Waals surface area contributed by atoms with Crippen molar-refractivity contribution in [3.8, 4) is 0 Å². The average molecular weight is 500 g/mol. The Labute approximate surface area is 216 Å². The second-order valence-corrected chi connectivity index (χ2v) is 10.1. The van der Waals surface area contributed by atoms with E-state index in [4.69, 9.17) is 5.73 Å². The summed E-state index contributed by atoms with van der Waals surface area (Å²) < 4.78 is 0. The number of benzene rings is 3. The highest BCUT2D eigenvalue weighted by molar-refractivity contribution is 6.00. The monoisotopic (exact) mass is 499 g/mol. The predicted molar refractivity (Wildman–Crippen MR) is 146 cm³/mol. The minimum absolute atomic E-state index is 0.0155. The molecular weight excluding hydrogens is 466 g/mol. The summed E-state index contributed by atoms with van der Waals surface area (Å²) in [5.74, 6) is -0.120. The number of fused-ring (bicyclic) bond motifs is 1. The molecule has 3 aromatic rings. The quantitative estimate of drug-likeness (QED) is 0.431. The molecule has 8 nitrogen and oxygen atoms in total. The third-order valence-electron chi connectivity index (χ3n) is 7.40. The van der Waals surface area contributed by atoms with Crippen LogP contribution in [0.5, 0.6) is 0 Å². The van der Waals surface area contributed by atoms with Gasteiger partial charge in [0.05, 0.1) is 6.04 Å². The van der Waals surface area contributed by atoms with Gasteiger partial charge >= 0.3 is 0 Å². The highest BCUT2D eigenvalue weighted by Gasteiger charge is 2.31. The molecule has 2 atom stereocenters. The molecule has 5 rings (SSSR count). The van der Waals surface area contributed by atoms with E-state index in [-0.39, 0.29) is 29.7 Å². The summed E-state index contributed by atoms with van der Waals surface area (Å²) in [5.41, 5.74) is 8.60. The molecule has 2 heterocycles. The van der Waals surface area contributed by atoms with Gasteiger partial charge in [-0.1, -0.05) is 12.1 Å². The van der Waals surface area contributed by atoms with Gasteiger partial charge in [0.25, 0.3) is 5.91 Å². The Morgan fingerprint density at radius 1 is 1.00 bits per heavy atom. The van der Waals surface area contributed by atoms with Crippen molar-refractivity contribution >= 4 is 45.6 Å². The number of likely N-dealkylation sites (tertiary alicyclic amines) is 1. The number of hydrogen-bond donors (Lipinski definition) is 3. The lowest BCUT2D eigenvalue weighted by molar-refractivity contribution is -0.120. The second kappa shape index (κ2) is 10.6. The number of nitrogens with one attached hydrogen (secondary N) is 2. The maximum atomic E-state index is 12.7. The zero-order valence-electron chi connectivity index (χ0n) is 21.1. The van der Waals surface area contributed by atoms with Gasteiger partial charge in [-0.3, -0.25) is 19.3 Å². The molecule has 0 aromatic heterocycles. The largest absolute Gasteiger partial charge is 0.399 e. The fraction of sp³-hybridized carbons (Fsp3) is 0.345. The molecule has 3 amide bonds. The van der Waals surface area contributed by atoms with Crippen molar-refractivity contribution in [2.75, 3.05) is 42.1 Å². The smallest absolute Gasteiger partial charge is 0.251 e. The van der Waals surface area contributed by atoms with Gasteiger partial charge in [-0.25, -0.2) is 0 Å². The molecule has 3 aromatic carbocycles. The highest BCUT2D eigenvalue weighted by atomic mass is 16.2. The van der Waals surface area contributed by atoms with Crippen LogP contribution in [-0.2, 0) is 9.59 Å². The van der Waals surface area contributed by atoms with Crippen molar-refractivity contribution in [2.24, 2.45) is 5.92 Å². The molecule has 37 heavy (non-hydrogen) atoms. The van der Waals surface area contributed by atoms with E-state index in [9.17, 15) is 14.4 Å². The lowest BCUT2D eigenvalue weighted by Crippen LogP contribution is -2.40. The van der Waals surface area contributed by atoms with E-state index in [1.807, 2.05) is 61.5 Å². The van der Waals surface area contributed by atoms with Crippen LogP contribution in [0, 0.1) is 5.92 Å². The summed E-state index contributed by atoms with van der Waals surface area (Å²) in [7, 11) is 0. The van der Waals surface area contributed by atoms with Crippen LogP contribution in [0.15, 0.2) is 60.7 Å². The lowest BCUT2D eigenvalue weighted by atomic mass is 10.1. The van der Waals surface area contributed by atoms with Gasteiger partial charge in [0.15, 0.2) is 0 Å². The molecule has 0 saturated carbocycles. The number of anilines is 3. The van der Waals surface area contributed by atoms with Gasteiger partial charge in [-0.05, 0) is 92.2 Å². The van der Waals surface area contributed by atoms with E-state index in [0.29, 0.717) is 36.4 Å². The van der Waals surface area contributed by atoms with Crippen LogP contribution >= 0.6 is 0 Å². The fourth-order valence-corrected chi connectivity index (χ4v) is 5.18. The van der Waals surface area contributed by atoms with Crippen LogP contribution in [0.25, 0.3) is 10.8 Å². The van der Waals surface area contributed by atoms with Crippen molar-refractivity contribution in [3.05, 3.63) is 66.2 Å². The summed E-state index contributed by atoms with van der Waals surface area (Å²) >= 11 is 0. The van der Waals surface area contributed by atoms with Gasteiger partial charge in [0, 0.05) is 48.1 Å². The summed E-state index contributed by atoms with van der Waals surface area (Å²) in [6.45, 7) is 4.82. The maximum Gasteiger partial charge on any atom is 0.251 e. The normalized spacial score (nSPS) is 18.8. The number of hydrogen-bond acceptors (Lipinski definition) is 5. The Morgan fingerprint density at radius 3 is 2.46 bits per heavy atom. The topological polar surface area (TPSA) is 108 Å². The standard InChI is InChI=1S/C29H33N5O3/c1-19(33-12-2-3-13-33)28(36)32-25-8-10-26(11-9-25)34-18-20(14-27(34)35)17-31-29(37)23-5-4-22-16-24(30)7-6-21(22)15-23/h4-11,15-16,19-20H,2-3,12-14,17-18,30H2,1H3,(H,31,37)(H,32,36). The predicted octanol–water partition coefficient (Wildman–Crippen LogP) is 3.63. The third kappa shape index (κ3) is 5.59. The number of nitrogens with two attached hydrogens (primary N) is 1.